The first-order valence-electron chi connectivity index (χ1n) is 5.98. The van der Waals surface area contributed by atoms with Crippen LogP contribution in [0.4, 0.5) is 5.82 Å². The van der Waals surface area contributed by atoms with Crippen LogP contribution in [0.25, 0.3) is 17.0 Å². The largest absolute Gasteiger partial charge is 0.384 e. The molecular formula is C13H17N5. The van der Waals surface area contributed by atoms with Crippen LogP contribution in [0.15, 0.2) is 36.7 Å². The van der Waals surface area contributed by atoms with E-state index in [1.807, 2.05) is 55.8 Å². The molecule has 3 rings (SSSR count). The maximum Gasteiger partial charge on any atom is 0.137 e. The molecule has 0 fully saturated rings. The lowest BCUT2D eigenvalue weighted by Crippen LogP contribution is -1.97. The van der Waals surface area contributed by atoms with Gasteiger partial charge in [-0.05, 0) is 12.1 Å². The lowest BCUT2D eigenvalue weighted by Gasteiger charge is -2.00. The highest BCUT2D eigenvalue weighted by Gasteiger charge is 2.08. The zero-order chi connectivity index (χ0) is 13.1. The van der Waals surface area contributed by atoms with E-state index in [0.29, 0.717) is 5.82 Å². The fourth-order valence-corrected chi connectivity index (χ4v) is 1.76. The Morgan fingerprint density at radius 3 is 2.67 bits per heavy atom. The highest BCUT2D eigenvalue weighted by atomic mass is 15.3. The average Bonchev–Trinajstić information content (AvgIpc) is 2.99. The van der Waals surface area contributed by atoms with E-state index in [2.05, 4.69) is 10.1 Å². The molecule has 0 amide bonds. The molecule has 0 bridgehead atoms. The van der Waals surface area contributed by atoms with Crippen molar-refractivity contribution in [1.82, 2.24) is 19.2 Å². The second-order valence-electron chi connectivity index (χ2n) is 3.64. The minimum absolute atomic E-state index is 0.645. The molecule has 0 aliphatic carbocycles. The zero-order valence-electron chi connectivity index (χ0n) is 10.8. The summed E-state index contributed by atoms with van der Waals surface area (Å²) in [7, 11) is 1.83. The molecule has 0 saturated heterocycles. The van der Waals surface area contributed by atoms with Gasteiger partial charge >= 0.3 is 0 Å². The van der Waals surface area contributed by atoms with E-state index in [1.54, 1.807) is 10.9 Å². The SMILES string of the molecule is CC.Cn1nc(-c2cccc3nccn23)cc1N. The summed E-state index contributed by atoms with van der Waals surface area (Å²) in [5.41, 5.74) is 8.52. The summed E-state index contributed by atoms with van der Waals surface area (Å²) in [5, 5.41) is 4.35. The molecule has 3 heterocycles. The second kappa shape index (κ2) is 4.91. The molecule has 0 aliphatic heterocycles. The van der Waals surface area contributed by atoms with Crippen LogP contribution in [0.5, 0.6) is 0 Å². The summed E-state index contributed by atoms with van der Waals surface area (Å²) in [5.74, 6) is 0.645. The monoisotopic (exact) mass is 243 g/mol. The molecule has 0 aromatic carbocycles. The highest BCUT2D eigenvalue weighted by molar-refractivity contribution is 5.62. The number of hydrogen-bond donors (Lipinski definition) is 1. The zero-order valence-corrected chi connectivity index (χ0v) is 10.8. The van der Waals surface area contributed by atoms with Gasteiger partial charge in [-0.2, -0.15) is 5.10 Å². The molecule has 2 N–H and O–H groups in total. The topological polar surface area (TPSA) is 61.1 Å². The van der Waals surface area contributed by atoms with Crippen molar-refractivity contribution >= 4 is 11.5 Å². The van der Waals surface area contributed by atoms with Crippen LogP contribution in [0, 0.1) is 0 Å². The quantitative estimate of drug-likeness (QED) is 0.713. The first-order valence-corrected chi connectivity index (χ1v) is 5.98. The number of nitrogen functional groups attached to an aromatic ring is 1. The van der Waals surface area contributed by atoms with Crippen LogP contribution in [0.2, 0.25) is 0 Å². The van der Waals surface area contributed by atoms with E-state index in [0.717, 1.165) is 17.0 Å². The average molecular weight is 243 g/mol. The molecule has 0 saturated carbocycles. The van der Waals surface area contributed by atoms with Gasteiger partial charge in [0.25, 0.3) is 0 Å². The molecule has 0 spiro atoms. The van der Waals surface area contributed by atoms with Crippen molar-refractivity contribution in [3.05, 3.63) is 36.7 Å². The molecule has 18 heavy (non-hydrogen) atoms. The number of aryl methyl sites for hydroxylation is 1. The first kappa shape index (κ1) is 12.2. The Morgan fingerprint density at radius 1 is 1.22 bits per heavy atom. The Bertz CT molecular complexity index is 631. The van der Waals surface area contributed by atoms with Crippen molar-refractivity contribution in [3.63, 3.8) is 0 Å². The molecule has 3 aromatic heterocycles. The molecule has 94 valence electrons. The number of nitrogens with zero attached hydrogens (tertiary/aromatic N) is 4. The normalized spacial score (nSPS) is 10.2. The summed E-state index contributed by atoms with van der Waals surface area (Å²) in [4.78, 5) is 4.23. The minimum atomic E-state index is 0.645. The highest BCUT2D eigenvalue weighted by Crippen LogP contribution is 2.20. The van der Waals surface area contributed by atoms with E-state index in [9.17, 15) is 0 Å². The van der Waals surface area contributed by atoms with Crippen molar-refractivity contribution in [2.75, 3.05) is 5.73 Å². The third-order valence-corrected chi connectivity index (χ3v) is 2.61. The number of pyridine rings is 1. The third-order valence-electron chi connectivity index (χ3n) is 2.61. The van der Waals surface area contributed by atoms with Gasteiger partial charge in [-0.1, -0.05) is 19.9 Å². The Morgan fingerprint density at radius 2 is 2.00 bits per heavy atom. The number of imidazole rings is 1. The minimum Gasteiger partial charge on any atom is -0.384 e. The summed E-state index contributed by atoms with van der Waals surface area (Å²) in [6.07, 6.45) is 3.68. The van der Waals surface area contributed by atoms with Gasteiger partial charge in [-0.25, -0.2) is 4.98 Å². The number of fused-ring (bicyclic) bond motifs is 1. The van der Waals surface area contributed by atoms with E-state index in [-0.39, 0.29) is 0 Å². The maximum absolute atomic E-state index is 5.77. The molecule has 5 nitrogen and oxygen atoms in total. The van der Waals surface area contributed by atoms with Crippen LogP contribution in [0.3, 0.4) is 0 Å². The van der Waals surface area contributed by atoms with Crippen molar-refractivity contribution in [2.24, 2.45) is 7.05 Å². The van der Waals surface area contributed by atoms with Crippen molar-refractivity contribution in [2.45, 2.75) is 13.8 Å². The molecule has 3 aromatic rings. The van der Waals surface area contributed by atoms with Crippen LogP contribution < -0.4 is 5.73 Å². The van der Waals surface area contributed by atoms with Gasteiger partial charge in [0.2, 0.25) is 0 Å². The van der Waals surface area contributed by atoms with Crippen LogP contribution in [-0.2, 0) is 7.05 Å². The first-order chi connectivity index (χ1) is 8.75. The van der Waals surface area contributed by atoms with E-state index < -0.39 is 0 Å². The molecule has 0 atom stereocenters. The molecular weight excluding hydrogens is 226 g/mol. The van der Waals surface area contributed by atoms with E-state index in [1.165, 1.54) is 0 Å². The van der Waals surface area contributed by atoms with Crippen LogP contribution >= 0.6 is 0 Å². The Hall–Kier alpha value is -2.30. The number of nitrogens with two attached hydrogens (primary N) is 1. The molecule has 0 unspecified atom stereocenters. The number of rotatable bonds is 1. The fraction of sp³-hybridized carbons (Fsp3) is 0.231. The molecule has 0 radical (unpaired) electrons. The maximum atomic E-state index is 5.77. The lowest BCUT2D eigenvalue weighted by molar-refractivity contribution is 0.780. The standard InChI is InChI=1S/C11H11N5.C2H6/c1-15-10(12)7-8(14-15)9-3-2-4-11-13-5-6-16(9)11;1-2/h2-7H,12H2,1H3;1-2H3. The van der Waals surface area contributed by atoms with Gasteiger partial charge in [-0.15, -0.1) is 0 Å². The van der Waals surface area contributed by atoms with E-state index >= 15 is 0 Å². The number of hydrogen-bond acceptors (Lipinski definition) is 3. The summed E-state index contributed by atoms with van der Waals surface area (Å²) in [6.45, 7) is 4.00. The van der Waals surface area contributed by atoms with Gasteiger partial charge in [0.1, 0.15) is 17.2 Å². The molecule has 5 heteroatoms. The molecule has 0 aliphatic rings. The fourth-order valence-electron chi connectivity index (χ4n) is 1.76. The van der Waals surface area contributed by atoms with E-state index in [4.69, 9.17) is 5.73 Å². The van der Waals surface area contributed by atoms with Gasteiger partial charge in [0.15, 0.2) is 0 Å². The van der Waals surface area contributed by atoms with Crippen molar-refractivity contribution < 1.29 is 0 Å². The van der Waals surface area contributed by atoms with Gasteiger partial charge < -0.3 is 5.73 Å². The Balaban J connectivity index is 0.000000574. The summed E-state index contributed by atoms with van der Waals surface area (Å²) >= 11 is 0. The van der Waals surface area contributed by atoms with Crippen LogP contribution in [-0.4, -0.2) is 19.2 Å². The Labute approximate surface area is 106 Å². The number of aromatic nitrogens is 4. The lowest BCUT2D eigenvalue weighted by atomic mass is 10.2. The third kappa shape index (κ3) is 1.95. The predicted octanol–water partition coefficient (Wildman–Crippen LogP) is 2.34. The van der Waals surface area contributed by atoms with Crippen molar-refractivity contribution in [3.8, 4) is 11.4 Å². The number of anilines is 1. The Kier molecular flexibility index (Phi) is 3.32. The van der Waals surface area contributed by atoms with Gasteiger partial charge in [-0.3, -0.25) is 9.08 Å². The van der Waals surface area contributed by atoms with Gasteiger partial charge in [0.05, 0.1) is 5.69 Å². The smallest absolute Gasteiger partial charge is 0.137 e. The summed E-state index contributed by atoms with van der Waals surface area (Å²) in [6, 6.07) is 7.77. The second-order valence-corrected chi connectivity index (χ2v) is 3.64. The summed E-state index contributed by atoms with van der Waals surface area (Å²) < 4.78 is 3.65. The predicted molar refractivity (Wildman–Crippen MR) is 73.2 cm³/mol. The van der Waals surface area contributed by atoms with Crippen molar-refractivity contribution in [1.29, 1.82) is 0 Å². The van der Waals surface area contributed by atoms with Crippen LogP contribution in [0.1, 0.15) is 13.8 Å². The van der Waals surface area contributed by atoms with Gasteiger partial charge in [0, 0.05) is 25.5 Å².